The Kier molecular flexibility index (Phi) is 4.68. The van der Waals surface area contributed by atoms with Gasteiger partial charge in [-0.3, -0.25) is 9.69 Å². The Balaban J connectivity index is 1.75. The highest BCUT2D eigenvalue weighted by Gasteiger charge is 2.33. The van der Waals surface area contributed by atoms with Crippen LogP contribution in [0.4, 0.5) is 11.4 Å². The second-order valence-corrected chi connectivity index (χ2v) is 7.32. The van der Waals surface area contributed by atoms with Gasteiger partial charge in [0.15, 0.2) is 0 Å². The predicted molar refractivity (Wildman–Crippen MR) is 125 cm³/mol. The van der Waals surface area contributed by atoms with Crippen molar-refractivity contribution in [1.29, 1.82) is 0 Å². The van der Waals surface area contributed by atoms with Crippen molar-refractivity contribution in [3.63, 3.8) is 0 Å². The third kappa shape index (κ3) is 3.13. The first-order chi connectivity index (χ1) is 15.2. The molecule has 5 rings (SSSR count). The highest BCUT2D eigenvalue weighted by Crippen LogP contribution is 2.43. The van der Waals surface area contributed by atoms with Gasteiger partial charge in [-0.25, -0.2) is 0 Å². The van der Waals surface area contributed by atoms with Crippen LogP contribution in [-0.2, 0) is 4.79 Å². The molecule has 1 heterocycles. The first kappa shape index (κ1) is 18.9. The Morgan fingerprint density at radius 1 is 0.806 bits per heavy atom. The van der Waals surface area contributed by atoms with E-state index in [0.29, 0.717) is 11.3 Å². The molecule has 0 fully saturated rings. The van der Waals surface area contributed by atoms with Crippen molar-refractivity contribution in [3.8, 4) is 11.5 Å². The molecule has 0 unspecified atom stereocenters. The van der Waals surface area contributed by atoms with Crippen LogP contribution in [0, 0.1) is 0 Å². The minimum Gasteiger partial charge on any atom is -0.497 e. The number of carbonyl (C=O) groups excluding carboxylic acids is 1. The topological polar surface area (TPSA) is 38.8 Å². The number of para-hydroxylation sites is 2. The molecule has 1 amide bonds. The average molecular weight is 407 g/mol. The van der Waals surface area contributed by atoms with Gasteiger partial charge in [-0.05, 0) is 53.2 Å². The van der Waals surface area contributed by atoms with Gasteiger partial charge in [-0.2, -0.15) is 0 Å². The van der Waals surface area contributed by atoms with E-state index in [9.17, 15) is 4.79 Å². The van der Waals surface area contributed by atoms with Crippen molar-refractivity contribution in [2.45, 2.75) is 0 Å². The summed E-state index contributed by atoms with van der Waals surface area (Å²) in [6, 6.07) is 27.4. The Hall–Kier alpha value is -4.05. The number of methoxy groups -OCH3 is 2. The molecule has 0 N–H and O–H groups in total. The van der Waals surface area contributed by atoms with Crippen LogP contribution in [-0.4, -0.2) is 20.1 Å². The molecule has 4 nitrogen and oxygen atoms in total. The van der Waals surface area contributed by atoms with E-state index in [1.165, 1.54) is 0 Å². The fourth-order valence-corrected chi connectivity index (χ4v) is 4.11. The first-order valence-corrected chi connectivity index (χ1v) is 10.1. The molecule has 1 aliphatic heterocycles. The van der Waals surface area contributed by atoms with E-state index >= 15 is 0 Å². The third-order valence-electron chi connectivity index (χ3n) is 5.62. The molecule has 0 radical (unpaired) electrons. The maximum Gasteiger partial charge on any atom is 0.263 e. The van der Waals surface area contributed by atoms with Crippen molar-refractivity contribution in [1.82, 2.24) is 0 Å². The molecule has 0 aliphatic carbocycles. The quantitative estimate of drug-likeness (QED) is 0.385. The van der Waals surface area contributed by atoms with E-state index in [-0.39, 0.29) is 5.91 Å². The van der Waals surface area contributed by atoms with Gasteiger partial charge in [-0.1, -0.05) is 48.5 Å². The Morgan fingerprint density at radius 3 is 2.32 bits per heavy atom. The SMILES string of the molecule is COc1ccc2ccc(OC)c(/C=C3/C(=O)N(c4ccccc4)c4ccccc43)c2c1. The van der Waals surface area contributed by atoms with Gasteiger partial charge in [0.2, 0.25) is 0 Å². The van der Waals surface area contributed by atoms with Gasteiger partial charge in [-0.15, -0.1) is 0 Å². The number of fused-ring (bicyclic) bond motifs is 2. The van der Waals surface area contributed by atoms with E-state index in [1.54, 1.807) is 19.1 Å². The minimum absolute atomic E-state index is 0.0608. The third-order valence-corrected chi connectivity index (χ3v) is 5.62. The Bertz CT molecular complexity index is 1320. The summed E-state index contributed by atoms with van der Waals surface area (Å²) in [7, 11) is 3.29. The van der Waals surface area contributed by atoms with Crippen molar-refractivity contribution >= 4 is 39.7 Å². The molecule has 31 heavy (non-hydrogen) atoms. The lowest BCUT2D eigenvalue weighted by Crippen LogP contribution is -2.20. The molecule has 4 heteroatoms. The smallest absolute Gasteiger partial charge is 0.263 e. The van der Waals surface area contributed by atoms with Crippen molar-refractivity contribution in [2.24, 2.45) is 0 Å². The van der Waals surface area contributed by atoms with Gasteiger partial charge >= 0.3 is 0 Å². The normalized spacial score (nSPS) is 14.2. The van der Waals surface area contributed by atoms with Crippen molar-refractivity contribution < 1.29 is 14.3 Å². The summed E-state index contributed by atoms with van der Waals surface area (Å²) in [6.45, 7) is 0. The maximum absolute atomic E-state index is 13.6. The number of rotatable bonds is 4. The van der Waals surface area contributed by atoms with Gasteiger partial charge < -0.3 is 9.47 Å². The summed E-state index contributed by atoms with van der Waals surface area (Å²) in [5.41, 5.74) is 4.11. The lowest BCUT2D eigenvalue weighted by molar-refractivity contribution is -0.112. The van der Waals surface area contributed by atoms with Crippen molar-refractivity contribution in [2.75, 3.05) is 19.1 Å². The highest BCUT2D eigenvalue weighted by atomic mass is 16.5. The van der Waals surface area contributed by atoms with E-state index < -0.39 is 0 Å². The van der Waals surface area contributed by atoms with Crippen LogP contribution < -0.4 is 14.4 Å². The molecule has 152 valence electrons. The Morgan fingerprint density at radius 2 is 1.55 bits per heavy atom. The second kappa shape index (κ2) is 7.65. The van der Waals surface area contributed by atoms with Crippen LogP contribution in [0.25, 0.3) is 22.4 Å². The molecule has 0 atom stereocenters. The molecule has 0 saturated carbocycles. The van der Waals surface area contributed by atoms with E-state index in [1.807, 2.05) is 91.0 Å². The van der Waals surface area contributed by atoms with Gasteiger partial charge in [0.05, 0.1) is 25.5 Å². The van der Waals surface area contributed by atoms with Crippen LogP contribution in [0.5, 0.6) is 11.5 Å². The number of benzene rings is 4. The van der Waals surface area contributed by atoms with Gasteiger partial charge in [0.25, 0.3) is 5.91 Å². The predicted octanol–water partition coefficient (Wildman–Crippen LogP) is 6.08. The zero-order chi connectivity index (χ0) is 21.4. The molecule has 4 aromatic rings. The molecule has 4 aromatic carbocycles. The van der Waals surface area contributed by atoms with Crippen LogP contribution in [0.2, 0.25) is 0 Å². The number of carbonyl (C=O) groups is 1. The number of anilines is 2. The fourth-order valence-electron chi connectivity index (χ4n) is 4.11. The number of ether oxygens (including phenoxy) is 2. The van der Waals surface area contributed by atoms with Crippen LogP contribution in [0.3, 0.4) is 0 Å². The number of hydrogen-bond acceptors (Lipinski definition) is 3. The summed E-state index contributed by atoms with van der Waals surface area (Å²) in [6.07, 6.45) is 1.94. The number of nitrogens with zero attached hydrogens (tertiary/aromatic N) is 1. The lowest BCUT2D eigenvalue weighted by atomic mass is 9.98. The molecular weight excluding hydrogens is 386 g/mol. The first-order valence-electron chi connectivity index (χ1n) is 10.1. The molecule has 0 bridgehead atoms. The lowest BCUT2D eigenvalue weighted by Gasteiger charge is -2.17. The summed E-state index contributed by atoms with van der Waals surface area (Å²) in [5.74, 6) is 1.40. The number of amides is 1. The summed E-state index contributed by atoms with van der Waals surface area (Å²) in [4.78, 5) is 15.4. The van der Waals surface area contributed by atoms with E-state index in [0.717, 1.165) is 39.0 Å². The largest absolute Gasteiger partial charge is 0.497 e. The van der Waals surface area contributed by atoms with Gasteiger partial charge in [0.1, 0.15) is 11.5 Å². The van der Waals surface area contributed by atoms with Crippen molar-refractivity contribution in [3.05, 3.63) is 96.1 Å². The molecule has 0 saturated heterocycles. The minimum atomic E-state index is -0.0608. The summed E-state index contributed by atoms with van der Waals surface area (Å²) >= 11 is 0. The summed E-state index contributed by atoms with van der Waals surface area (Å²) in [5, 5.41) is 2.02. The molecule has 0 spiro atoms. The van der Waals surface area contributed by atoms with E-state index in [2.05, 4.69) is 0 Å². The van der Waals surface area contributed by atoms with Gasteiger partial charge in [0, 0.05) is 16.8 Å². The zero-order valence-electron chi connectivity index (χ0n) is 17.3. The fraction of sp³-hybridized carbons (Fsp3) is 0.0741. The van der Waals surface area contributed by atoms with Crippen LogP contribution in [0.15, 0.2) is 84.9 Å². The molecule has 1 aliphatic rings. The second-order valence-electron chi connectivity index (χ2n) is 7.32. The Labute approximate surface area is 181 Å². The monoisotopic (exact) mass is 407 g/mol. The number of hydrogen-bond donors (Lipinski definition) is 0. The maximum atomic E-state index is 13.6. The standard InChI is InChI=1S/C27H21NO3/c1-30-20-14-12-18-13-15-26(31-2)23(22(18)16-20)17-24-21-10-6-7-11-25(21)28(27(24)29)19-8-4-3-5-9-19/h3-17H,1-2H3/b24-17+. The summed E-state index contributed by atoms with van der Waals surface area (Å²) < 4.78 is 11.1. The molecule has 0 aromatic heterocycles. The highest BCUT2D eigenvalue weighted by molar-refractivity contribution is 6.38. The van der Waals surface area contributed by atoms with Crippen LogP contribution in [0.1, 0.15) is 11.1 Å². The van der Waals surface area contributed by atoms with E-state index in [4.69, 9.17) is 9.47 Å². The van der Waals surface area contributed by atoms with Crippen LogP contribution >= 0.6 is 0 Å². The average Bonchev–Trinajstić information content (AvgIpc) is 3.10. The zero-order valence-corrected chi connectivity index (χ0v) is 17.3. The molecular formula is C27H21NO3.